The van der Waals surface area contributed by atoms with Crippen molar-refractivity contribution in [1.29, 1.82) is 0 Å². The second-order valence-corrected chi connectivity index (χ2v) is 2.21. The van der Waals surface area contributed by atoms with Gasteiger partial charge in [-0.2, -0.15) is 0 Å². The summed E-state index contributed by atoms with van der Waals surface area (Å²) in [4.78, 5) is 10.4. The molecule has 0 radical (unpaired) electrons. The molecule has 0 aromatic heterocycles. The van der Waals surface area contributed by atoms with Crippen molar-refractivity contribution in [2.45, 2.75) is 0 Å². The molecule has 0 bridgehead atoms. The number of aromatic carboxylic acids is 1. The molecule has 1 aliphatic rings. The summed E-state index contributed by atoms with van der Waals surface area (Å²) in [5, 5.41) is 15.9. The second-order valence-electron chi connectivity index (χ2n) is 2.21. The minimum atomic E-state index is -0.935. The molecule has 0 unspecified atom stereocenters. The van der Waals surface area contributed by atoms with Gasteiger partial charge >= 0.3 is 5.97 Å². The van der Waals surface area contributed by atoms with E-state index in [1.807, 2.05) is 0 Å². The fourth-order valence-electron chi connectivity index (χ4n) is 0.884. The first-order chi connectivity index (χ1) is 5.27. The quantitative estimate of drug-likeness (QED) is 0.673. The van der Waals surface area contributed by atoms with Crippen molar-refractivity contribution in [3.05, 3.63) is 23.8 Å². The standard InChI is InChI=1S/C7H4N2O2/c10-7(11)4-1-2-5-6(3-4)9-8-5/h1-3H,(H,10,11). The number of fused-ring (bicyclic) bond motifs is 1. The summed E-state index contributed by atoms with van der Waals surface area (Å²) in [5.41, 5.74) is 1.67. The molecule has 2 rings (SSSR count). The van der Waals surface area contributed by atoms with Gasteiger partial charge in [-0.1, -0.05) is 0 Å². The van der Waals surface area contributed by atoms with Gasteiger partial charge in [0.15, 0.2) is 0 Å². The number of benzene rings is 1. The largest absolute Gasteiger partial charge is 0.478 e. The molecular weight excluding hydrogens is 144 g/mol. The summed E-state index contributed by atoms with van der Waals surface area (Å²) in [6.07, 6.45) is 0. The van der Waals surface area contributed by atoms with Crippen molar-refractivity contribution in [1.82, 2.24) is 0 Å². The number of carbonyl (C=O) groups is 1. The Kier molecular flexibility index (Phi) is 1.03. The van der Waals surface area contributed by atoms with Gasteiger partial charge in [0.2, 0.25) is 0 Å². The van der Waals surface area contributed by atoms with Gasteiger partial charge in [0.05, 0.1) is 5.56 Å². The highest BCUT2D eigenvalue weighted by Gasteiger charge is 2.12. The molecular formula is C7H4N2O2. The maximum absolute atomic E-state index is 10.4. The monoisotopic (exact) mass is 148 g/mol. The fourth-order valence-corrected chi connectivity index (χ4v) is 0.884. The molecule has 1 aromatic carbocycles. The van der Waals surface area contributed by atoms with E-state index < -0.39 is 5.97 Å². The number of azo groups is 1. The lowest BCUT2D eigenvalue weighted by Gasteiger charge is -2.06. The van der Waals surface area contributed by atoms with Crippen LogP contribution in [0.3, 0.4) is 0 Å². The molecule has 1 aliphatic heterocycles. The highest BCUT2D eigenvalue weighted by Crippen LogP contribution is 2.37. The summed E-state index contributed by atoms with van der Waals surface area (Å²) in [6, 6.07) is 4.66. The Hall–Kier alpha value is -1.71. The Morgan fingerprint density at radius 2 is 2.00 bits per heavy atom. The van der Waals surface area contributed by atoms with Crippen LogP contribution in [0.5, 0.6) is 0 Å². The van der Waals surface area contributed by atoms with Crippen molar-refractivity contribution in [2.75, 3.05) is 0 Å². The fraction of sp³-hybridized carbons (Fsp3) is 0. The van der Waals surface area contributed by atoms with Gasteiger partial charge < -0.3 is 5.11 Å². The summed E-state index contributed by atoms with van der Waals surface area (Å²) in [6.45, 7) is 0. The zero-order valence-corrected chi connectivity index (χ0v) is 5.48. The summed E-state index contributed by atoms with van der Waals surface area (Å²) < 4.78 is 0. The van der Waals surface area contributed by atoms with E-state index in [0.717, 1.165) is 5.69 Å². The molecule has 11 heavy (non-hydrogen) atoms. The van der Waals surface area contributed by atoms with Crippen LogP contribution >= 0.6 is 0 Å². The molecule has 1 N–H and O–H groups in total. The van der Waals surface area contributed by atoms with Crippen molar-refractivity contribution in [3.63, 3.8) is 0 Å². The van der Waals surface area contributed by atoms with Crippen LogP contribution in [0.1, 0.15) is 10.4 Å². The van der Waals surface area contributed by atoms with Gasteiger partial charge in [0.25, 0.3) is 0 Å². The SMILES string of the molecule is O=C(O)c1ccc2c(c1)N=N2. The molecule has 1 heterocycles. The number of rotatable bonds is 1. The van der Waals surface area contributed by atoms with E-state index in [0.29, 0.717) is 5.69 Å². The zero-order valence-electron chi connectivity index (χ0n) is 5.48. The van der Waals surface area contributed by atoms with E-state index in [-0.39, 0.29) is 5.56 Å². The highest BCUT2D eigenvalue weighted by molar-refractivity contribution is 5.90. The van der Waals surface area contributed by atoms with Crippen molar-refractivity contribution >= 4 is 17.3 Å². The van der Waals surface area contributed by atoms with Gasteiger partial charge in [-0.25, -0.2) is 4.79 Å². The second kappa shape index (κ2) is 1.88. The van der Waals surface area contributed by atoms with Crippen LogP contribution in [0.15, 0.2) is 28.4 Å². The number of carboxylic acid groups (broad SMARTS) is 1. The summed E-state index contributed by atoms with van der Waals surface area (Å²) in [5.74, 6) is -0.935. The molecule has 4 heteroatoms. The van der Waals surface area contributed by atoms with Crippen LogP contribution in [0.2, 0.25) is 0 Å². The maximum Gasteiger partial charge on any atom is 0.335 e. The lowest BCUT2D eigenvalue weighted by atomic mass is 10.1. The predicted molar refractivity (Wildman–Crippen MR) is 37.6 cm³/mol. The Bertz CT molecular complexity index is 357. The molecule has 0 saturated heterocycles. The molecule has 0 aliphatic carbocycles. The van der Waals surface area contributed by atoms with Gasteiger partial charge in [0.1, 0.15) is 11.4 Å². The number of nitrogens with zero attached hydrogens (tertiary/aromatic N) is 2. The Morgan fingerprint density at radius 1 is 1.27 bits per heavy atom. The molecule has 0 amide bonds. The Labute approximate surface area is 62.2 Å². The minimum Gasteiger partial charge on any atom is -0.478 e. The normalized spacial score (nSPS) is 12.0. The van der Waals surface area contributed by atoms with Gasteiger partial charge in [-0.05, 0) is 18.2 Å². The Morgan fingerprint density at radius 3 is 2.45 bits per heavy atom. The summed E-state index contributed by atoms with van der Waals surface area (Å²) >= 11 is 0. The van der Waals surface area contributed by atoms with Crippen LogP contribution in [0, 0.1) is 0 Å². The zero-order chi connectivity index (χ0) is 7.84. The van der Waals surface area contributed by atoms with Crippen LogP contribution in [0.4, 0.5) is 11.4 Å². The summed E-state index contributed by atoms with van der Waals surface area (Å²) in [7, 11) is 0. The molecule has 0 spiro atoms. The van der Waals surface area contributed by atoms with E-state index in [4.69, 9.17) is 5.11 Å². The third kappa shape index (κ3) is 0.797. The van der Waals surface area contributed by atoms with Crippen molar-refractivity contribution in [3.8, 4) is 0 Å². The Balaban J connectivity index is 2.50. The molecule has 0 atom stereocenters. The van der Waals surface area contributed by atoms with Gasteiger partial charge in [-0.15, -0.1) is 10.2 Å². The van der Waals surface area contributed by atoms with E-state index in [1.54, 1.807) is 6.07 Å². The van der Waals surface area contributed by atoms with E-state index in [1.165, 1.54) is 12.1 Å². The number of hydrogen-bond acceptors (Lipinski definition) is 3. The number of carboxylic acids is 1. The van der Waals surface area contributed by atoms with Crippen molar-refractivity contribution < 1.29 is 9.90 Å². The highest BCUT2D eigenvalue weighted by atomic mass is 16.4. The molecule has 0 fully saturated rings. The van der Waals surface area contributed by atoms with Gasteiger partial charge in [-0.3, -0.25) is 0 Å². The number of hydrogen-bond donors (Lipinski definition) is 1. The lowest BCUT2D eigenvalue weighted by molar-refractivity contribution is 0.0697. The van der Waals surface area contributed by atoms with Crippen molar-refractivity contribution in [2.24, 2.45) is 10.2 Å². The predicted octanol–water partition coefficient (Wildman–Crippen LogP) is 2.11. The topological polar surface area (TPSA) is 62.0 Å². The molecule has 1 aromatic rings. The molecule has 54 valence electrons. The van der Waals surface area contributed by atoms with Gasteiger partial charge in [0, 0.05) is 0 Å². The lowest BCUT2D eigenvalue weighted by Crippen LogP contribution is -1.95. The van der Waals surface area contributed by atoms with Crippen LogP contribution < -0.4 is 0 Å². The molecule has 0 saturated carbocycles. The minimum absolute atomic E-state index is 0.252. The first kappa shape index (κ1) is 6.03. The van der Waals surface area contributed by atoms with Crippen LogP contribution in [-0.2, 0) is 0 Å². The average molecular weight is 148 g/mol. The van der Waals surface area contributed by atoms with Crippen LogP contribution in [-0.4, -0.2) is 11.1 Å². The smallest absolute Gasteiger partial charge is 0.335 e. The molecule has 4 nitrogen and oxygen atoms in total. The van der Waals surface area contributed by atoms with E-state index >= 15 is 0 Å². The third-order valence-corrected chi connectivity index (χ3v) is 1.49. The maximum atomic E-state index is 10.4. The van der Waals surface area contributed by atoms with E-state index in [2.05, 4.69) is 10.2 Å². The first-order valence-corrected chi connectivity index (χ1v) is 3.06. The average Bonchev–Trinajstić information content (AvgIpc) is 1.91. The van der Waals surface area contributed by atoms with Crippen LogP contribution in [0.25, 0.3) is 0 Å². The van der Waals surface area contributed by atoms with E-state index in [9.17, 15) is 4.79 Å². The third-order valence-electron chi connectivity index (χ3n) is 1.49. The first-order valence-electron chi connectivity index (χ1n) is 3.06.